The second-order valence-corrected chi connectivity index (χ2v) is 4.40. The van der Waals surface area contributed by atoms with Crippen molar-refractivity contribution in [2.24, 2.45) is 0 Å². The van der Waals surface area contributed by atoms with E-state index in [0.29, 0.717) is 12.1 Å². The van der Waals surface area contributed by atoms with E-state index in [1.165, 1.54) is 23.2 Å². The third-order valence-corrected chi connectivity index (χ3v) is 2.95. The highest BCUT2D eigenvalue weighted by molar-refractivity contribution is 5.96. The topological polar surface area (TPSA) is 83.6 Å². The Balaban J connectivity index is 2.16. The van der Waals surface area contributed by atoms with Crippen LogP contribution in [0.4, 0.5) is 0 Å². The number of carboxylic acids is 1. The fourth-order valence-corrected chi connectivity index (χ4v) is 1.80. The Morgan fingerprint density at radius 1 is 1.40 bits per heavy atom. The SMILES string of the molecule is Cc1occc1CN(C)C(=O)c1ccnc(C(=O)O)c1. The Morgan fingerprint density at radius 3 is 2.75 bits per heavy atom. The zero-order valence-corrected chi connectivity index (χ0v) is 11.2. The summed E-state index contributed by atoms with van der Waals surface area (Å²) in [4.78, 5) is 28.3. The fraction of sp³-hybridized carbons (Fsp3) is 0.214. The predicted molar refractivity (Wildman–Crippen MR) is 70.4 cm³/mol. The van der Waals surface area contributed by atoms with Gasteiger partial charge in [0.15, 0.2) is 0 Å². The number of aryl methyl sites for hydroxylation is 1. The first kappa shape index (κ1) is 13.8. The molecule has 104 valence electrons. The molecule has 0 radical (unpaired) electrons. The average Bonchev–Trinajstić information content (AvgIpc) is 2.83. The first-order valence-electron chi connectivity index (χ1n) is 5.97. The monoisotopic (exact) mass is 274 g/mol. The van der Waals surface area contributed by atoms with E-state index in [-0.39, 0.29) is 11.6 Å². The average molecular weight is 274 g/mol. The minimum absolute atomic E-state index is 0.149. The summed E-state index contributed by atoms with van der Waals surface area (Å²) in [6.07, 6.45) is 2.88. The molecule has 2 aromatic heterocycles. The second-order valence-electron chi connectivity index (χ2n) is 4.40. The molecule has 0 aliphatic carbocycles. The van der Waals surface area contributed by atoms with Crippen LogP contribution in [0.3, 0.4) is 0 Å². The normalized spacial score (nSPS) is 10.3. The summed E-state index contributed by atoms with van der Waals surface area (Å²) >= 11 is 0. The Bertz CT molecular complexity index is 648. The number of aromatic carboxylic acids is 1. The van der Waals surface area contributed by atoms with E-state index < -0.39 is 5.97 Å². The number of rotatable bonds is 4. The lowest BCUT2D eigenvalue weighted by Gasteiger charge is -2.16. The van der Waals surface area contributed by atoms with Crippen molar-refractivity contribution in [1.82, 2.24) is 9.88 Å². The molecule has 0 saturated heterocycles. The maximum atomic E-state index is 12.2. The molecule has 2 aromatic rings. The summed E-state index contributed by atoms with van der Waals surface area (Å²) in [5.74, 6) is -0.672. The minimum atomic E-state index is -1.16. The summed E-state index contributed by atoms with van der Waals surface area (Å²) in [5, 5.41) is 8.87. The van der Waals surface area contributed by atoms with Gasteiger partial charge in [-0.3, -0.25) is 4.79 Å². The smallest absolute Gasteiger partial charge is 0.354 e. The molecule has 0 fully saturated rings. The highest BCUT2D eigenvalue weighted by atomic mass is 16.4. The number of hydrogen-bond donors (Lipinski definition) is 1. The molecule has 2 heterocycles. The lowest BCUT2D eigenvalue weighted by atomic mass is 10.2. The number of pyridine rings is 1. The third kappa shape index (κ3) is 2.85. The van der Waals surface area contributed by atoms with Crippen molar-refractivity contribution >= 4 is 11.9 Å². The van der Waals surface area contributed by atoms with Gasteiger partial charge in [-0.1, -0.05) is 0 Å². The number of furan rings is 1. The van der Waals surface area contributed by atoms with Gasteiger partial charge in [0, 0.05) is 30.9 Å². The van der Waals surface area contributed by atoms with Gasteiger partial charge in [0.05, 0.1) is 6.26 Å². The molecule has 0 saturated carbocycles. The zero-order valence-electron chi connectivity index (χ0n) is 11.2. The van der Waals surface area contributed by atoms with Crippen LogP contribution in [-0.2, 0) is 6.54 Å². The molecule has 6 heteroatoms. The van der Waals surface area contributed by atoms with Crippen LogP contribution in [0, 0.1) is 6.92 Å². The summed E-state index contributed by atoms with van der Waals surface area (Å²) < 4.78 is 5.18. The highest BCUT2D eigenvalue weighted by Gasteiger charge is 2.16. The van der Waals surface area contributed by atoms with Crippen molar-refractivity contribution in [1.29, 1.82) is 0 Å². The van der Waals surface area contributed by atoms with Crippen molar-refractivity contribution < 1.29 is 19.1 Å². The first-order chi connectivity index (χ1) is 9.49. The molecule has 0 aliphatic heterocycles. The molecule has 0 spiro atoms. The fourth-order valence-electron chi connectivity index (χ4n) is 1.80. The summed E-state index contributed by atoms with van der Waals surface area (Å²) in [6, 6.07) is 4.56. The van der Waals surface area contributed by atoms with E-state index in [2.05, 4.69) is 4.98 Å². The number of hydrogen-bond acceptors (Lipinski definition) is 4. The Labute approximate surface area is 115 Å². The van der Waals surface area contributed by atoms with E-state index >= 15 is 0 Å². The van der Waals surface area contributed by atoms with Crippen LogP contribution in [-0.4, -0.2) is 33.9 Å². The number of aromatic nitrogens is 1. The molecule has 0 aliphatic rings. The maximum absolute atomic E-state index is 12.2. The molecule has 2 rings (SSSR count). The van der Waals surface area contributed by atoms with Gasteiger partial charge in [0.1, 0.15) is 11.5 Å². The van der Waals surface area contributed by atoms with Crippen LogP contribution >= 0.6 is 0 Å². The molecule has 20 heavy (non-hydrogen) atoms. The minimum Gasteiger partial charge on any atom is -0.477 e. The van der Waals surface area contributed by atoms with E-state index in [9.17, 15) is 9.59 Å². The first-order valence-corrected chi connectivity index (χ1v) is 5.97. The van der Waals surface area contributed by atoms with Gasteiger partial charge in [-0.15, -0.1) is 0 Å². The quantitative estimate of drug-likeness (QED) is 0.921. The molecule has 0 atom stereocenters. The molecule has 0 bridgehead atoms. The molecule has 0 unspecified atom stereocenters. The third-order valence-electron chi connectivity index (χ3n) is 2.95. The van der Waals surface area contributed by atoms with Gasteiger partial charge in [0.2, 0.25) is 0 Å². The molecule has 0 aromatic carbocycles. The van der Waals surface area contributed by atoms with Crippen LogP contribution in [0.15, 0.2) is 35.1 Å². The van der Waals surface area contributed by atoms with Crippen molar-refractivity contribution in [3.8, 4) is 0 Å². The highest BCUT2D eigenvalue weighted by Crippen LogP contribution is 2.13. The van der Waals surface area contributed by atoms with E-state index in [1.54, 1.807) is 19.4 Å². The van der Waals surface area contributed by atoms with E-state index in [4.69, 9.17) is 9.52 Å². The van der Waals surface area contributed by atoms with Crippen molar-refractivity contribution in [3.05, 3.63) is 53.2 Å². The number of carbonyl (C=O) groups excluding carboxylic acids is 1. The standard InChI is InChI=1S/C14H14N2O4/c1-9-11(4-6-20-9)8-16(2)13(17)10-3-5-15-12(7-10)14(18)19/h3-7H,8H2,1-2H3,(H,18,19). The molecular formula is C14H14N2O4. The van der Waals surface area contributed by atoms with Crippen molar-refractivity contribution in [3.63, 3.8) is 0 Å². The zero-order chi connectivity index (χ0) is 14.7. The van der Waals surface area contributed by atoms with Gasteiger partial charge in [-0.25, -0.2) is 9.78 Å². The summed E-state index contributed by atoms with van der Waals surface area (Å²) in [5.41, 5.74) is 1.05. The summed E-state index contributed by atoms with van der Waals surface area (Å²) in [6.45, 7) is 2.22. The lowest BCUT2D eigenvalue weighted by molar-refractivity contribution is 0.0690. The van der Waals surface area contributed by atoms with Crippen molar-refractivity contribution in [2.45, 2.75) is 13.5 Å². The number of amides is 1. The molecule has 1 N–H and O–H groups in total. The second kappa shape index (κ2) is 5.56. The Kier molecular flexibility index (Phi) is 3.84. The number of carbonyl (C=O) groups is 2. The van der Waals surface area contributed by atoms with Crippen LogP contribution in [0.1, 0.15) is 32.2 Å². The summed E-state index contributed by atoms with van der Waals surface area (Å²) in [7, 11) is 1.65. The largest absolute Gasteiger partial charge is 0.477 e. The van der Waals surface area contributed by atoms with Crippen LogP contribution in [0.5, 0.6) is 0 Å². The number of nitrogens with zero attached hydrogens (tertiary/aromatic N) is 2. The molecule has 6 nitrogen and oxygen atoms in total. The van der Waals surface area contributed by atoms with Crippen LogP contribution in [0.2, 0.25) is 0 Å². The Morgan fingerprint density at radius 2 is 2.15 bits per heavy atom. The van der Waals surface area contributed by atoms with Crippen LogP contribution < -0.4 is 0 Å². The lowest BCUT2D eigenvalue weighted by Crippen LogP contribution is -2.26. The van der Waals surface area contributed by atoms with Gasteiger partial charge in [-0.05, 0) is 25.1 Å². The van der Waals surface area contributed by atoms with E-state index in [1.807, 2.05) is 6.92 Å². The van der Waals surface area contributed by atoms with E-state index in [0.717, 1.165) is 11.3 Å². The van der Waals surface area contributed by atoms with Gasteiger partial charge in [0.25, 0.3) is 5.91 Å². The van der Waals surface area contributed by atoms with Gasteiger partial charge < -0.3 is 14.4 Å². The van der Waals surface area contributed by atoms with Crippen LogP contribution in [0.25, 0.3) is 0 Å². The van der Waals surface area contributed by atoms with Gasteiger partial charge >= 0.3 is 5.97 Å². The van der Waals surface area contributed by atoms with Crippen molar-refractivity contribution in [2.75, 3.05) is 7.05 Å². The molecular weight excluding hydrogens is 260 g/mol. The Hall–Kier alpha value is -2.63. The van der Waals surface area contributed by atoms with Gasteiger partial charge in [-0.2, -0.15) is 0 Å². The predicted octanol–water partition coefficient (Wildman–Crippen LogP) is 1.95. The molecule has 1 amide bonds. The maximum Gasteiger partial charge on any atom is 0.354 e. The number of carboxylic acid groups (broad SMARTS) is 1.